The van der Waals surface area contributed by atoms with Gasteiger partial charge in [-0.2, -0.15) is 0 Å². The molecule has 1 aromatic carbocycles. The van der Waals surface area contributed by atoms with Crippen molar-refractivity contribution in [1.29, 1.82) is 0 Å². The quantitative estimate of drug-likeness (QED) is 0.656. The van der Waals surface area contributed by atoms with E-state index in [9.17, 15) is 4.79 Å². The fourth-order valence-electron chi connectivity index (χ4n) is 3.05. The van der Waals surface area contributed by atoms with E-state index >= 15 is 0 Å². The molecule has 1 aliphatic rings. The molecule has 0 aromatic heterocycles. The molecule has 1 atom stereocenters. The second-order valence-corrected chi connectivity index (χ2v) is 6.98. The van der Waals surface area contributed by atoms with Gasteiger partial charge >= 0.3 is 0 Å². The van der Waals surface area contributed by atoms with E-state index in [1.54, 1.807) is 9.80 Å². The number of piperazine rings is 1. The molecule has 1 saturated heterocycles. The first kappa shape index (κ1) is 17.0. The fraction of sp³-hybridized carbons (Fsp3) is 0.611. The van der Waals surface area contributed by atoms with Gasteiger partial charge in [-0.05, 0) is 6.92 Å². The molecular formula is C18H31N3O+2. The molecule has 0 bridgehead atoms. The average Bonchev–Trinajstić information content (AvgIpc) is 2.50. The van der Waals surface area contributed by atoms with Crippen LogP contribution in [0.1, 0.15) is 31.0 Å². The highest BCUT2D eigenvalue weighted by Crippen LogP contribution is 2.11. The molecule has 3 N–H and O–H groups in total. The molecule has 2 rings (SSSR count). The highest BCUT2D eigenvalue weighted by Gasteiger charge is 2.29. The van der Waals surface area contributed by atoms with Crippen LogP contribution < -0.4 is 15.1 Å². The number of amides is 1. The predicted octanol–water partition coefficient (Wildman–Crippen LogP) is -0.778. The van der Waals surface area contributed by atoms with Crippen molar-refractivity contribution in [3.63, 3.8) is 0 Å². The molecule has 22 heavy (non-hydrogen) atoms. The summed E-state index contributed by atoms with van der Waals surface area (Å²) in [6.07, 6.45) is 0. The van der Waals surface area contributed by atoms with E-state index in [1.807, 2.05) is 13.8 Å². The average molecular weight is 305 g/mol. The van der Waals surface area contributed by atoms with E-state index in [1.165, 1.54) is 37.3 Å². The molecule has 1 aromatic rings. The molecule has 1 fully saturated rings. The van der Waals surface area contributed by atoms with Crippen molar-refractivity contribution in [2.45, 2.75) is 26.8 Å². The Bertz CT molecular complexity index is 476. The lowest BCUT2D eigenvalue weighted by molar-refractivity contribution is -1.02. The molecule has 4 heteroatoms. The summed E-state index contributed by atoms with van der Waals surface area (Å²) in [5.74, 6) is 0.196. The zero-order chi connectivity index (χ0) is 16.1. The minimum Gasteiger partial charge on any atom is -0.350 e. The Kier molecular flexibility index (Phi) is 5.98. The van der Waals surface area contributed by atoms with Crippen molar-refractivity contribution in [3.05, 3.63) is 35.4 Å². The third-order valence-electron chi connectivity index (χ3n) is 4.72. The second kappa shape index (κ2) is 7.75. The third kappa shape index (κ3) is 4.55. The monoisotopic (exact) mass is 305 g/mol. The second-order valence-electron chi connectivity index (χ2n) is 6.98. The lowest BCUT2D eigenvalue weighted by atomic mass is 10.0. The van der Waals surface area contributed by atoms with Gasteiger partial charge in [0.1, 0.15) is 32.2 Å². The van der Waals surface area contributed by atoms with Crippen LogP contribution in [0.15, 0.2) is 24.3 Å². The molecule has 0 saturated carbocycles. The van der Waals surface area contributed by atoms with Crippen LogP contribution in [0.5, 0.6) is 0 Å². The van der Waals surface area contributed by atoms with E-state index in [0.29, 0.717) is 6.04 Å². The highest BCUT2D eigenvalue weighted by molar-refractivity contribution is 5.77. The minimum atomic E-state index is 0.0469. The smallest absolute Gasteiger partial charge is 0.222 e. The van der Waals surface area contributed by atoms with Crippen molar-refractivity contribution in [3.8, 4) is 0 Å². The van der Waals surface area contributed by atoms with Crippen molar-refractivity contribution in [2.24, 2.45) is 5.92 Å². The maximum absolute atomic E-state index is 11.9. The van der Waals surface area contributed by atoms with E-state index < -0.39 is 0 Å². The summed E-state index contributed by atoms with van der Waals surface area (Å²) in [5.41, 5.74) is 2.62. The van der Waals surface area contributed by atoms with Crippen LogP contribution in [0.3, 0.4) is 0 Å². The van der Waals surface area contributed by atoms with Crippen molar-refractivity contribution < 1.29 is 14.6 Å². The van der Waals surface area contributed by atoms with Gasteiger partial charge in [-0.1, -0.05) is 43.7 Å². The van der Waals surface area contributed by atoms with Crippen LogP contribution in [0, 0.1) is 12.8 Å². The SMILES string of the molecule is Cc1ccc([C@@H](CNC(=O)C(C)C)[NH+]2CC[NH+](C)CC2)cc1. The number of nitrogens with one attached hydrogen (secondary N) is 3. The Morgan fingerprint density at radius 1 is 1.14 bits per heavy atom. The Labute approximate surface area is 134 Å². The fourth-order valence-corrected chi connectivity index (χ4v) is 3.05. The first-order chi connectivity index (χ1) is 10.5. The summed E-state index contributed by atoms with van der Waals surface area (Å²) in [7, 11) is 2.26. The van der Waals surface area contributed by atoms with Crippen LogP contribution in [-0.4, -0.2) is 45.7 Å². The molecule has 0 aliphatic carbocycles. The Balaban J connectivity index is 2.09. The Hall–Kier alpha value is -1.39. The largest absolute Gasteiger partial charge is 0.350 e. The molecule has 122 valence electrons. The molecular weight excluding hydrogens is 274 g/mol. The lowest BCUT2D eigenvalue weighted by Crippen LogP contribution is -3.27. The topological polar surface area (TPSA) is 38.0 Å². The Morgan fingerprint density at radius 3 is 2.27 bits per heavy atom. The van der Waals surface area contributed by atoms with Crippen LogP contribution in [0.2, 0.25) is 0 Å². The number of hydrogen-bond donors (Lipinski definition) is 3. The van der Waals surface area contributed by atoms with Crippen molar-refractivity contribution >= 4 is 5.91 Å². The zero-order valence-corrected chi connectivity index (χ0v) is 14.4. The van der Waals surface area contributed by atoms with Gasteiger partial charge in [0.2, 0.25) is 5.91 Å². The summed E-state index contributed by atoms with van der Waals surface area (Å²) < 4.78 is 0. The number of carbonyl (C=O) groups is 1. The van der Waals surface area contributed by atoms with Gasteiger partial charge in [-0.3, -0.25) is 4.79 Å². The van der Waals surface area contributed by atoms with Gasteiger partial charge in [0.05, 0.1) is 13.6 Å². The van der Waals surface area contributed by atoms with E-state index in [2.05, 4.69) is 43.6 Å². The first-order valence-corrected chi connectivity index (χ1v) is 8.47. The van der Waals surface area contributed by atoms with Crippen LogP contribution in [0.25, 0.3) is 0 Å². The number of carbonyl (C=O) groups excluding carboxylic acids is 1. The van der Waals surface area contributed by atoms with Gasteiger partial charge in [0, 0.05) is 11.5 Å². The number of rotatable bonds is 5. The van der Waals surface area contributed by atoms with Crippen molar-refractivity contribution in [2.75, 3.05) is 39.8 Å². The van der Waals surface area contributed by atoms with Gasteiger partial charge < -0.3 is 15.1 Å². The Morgan fingerprint density at radius 2 is 1.73 bits per heavy atom. The third-order valence-corrected chi connectivity index (χ3v) is 4.72. The maximum atomic E-state index is 11.9. The summed E-state index contributed by atoms with van der Waals surface area (Å²) in [6.45, 7) is 11.5. The number of benzene rings is 1. The summed E-state index contributed by atoms with van der Waals surface area (Å²) in [5, 5.41) is 3.14. The van der Waals surface area contributed by atoms with Gasteiger partial charge in [-0.25, -0.2) is 0 Å². The highest BCUT2D eigenvalue weighted by atomic mass is 16.1. The summed E-state index contributed by atoms with van der Waals surface area (Å²) in [6, 6.07) is 9.15. The van der Waals surface area contributed by atoms with Crippen LogP contribution in [-0.2, 0) is 4.79 Å². The van der Waals surface area contributed by atoms with Crippen molar-refractivity contribution in [1.82, 2.24) is 5.32 Å². The van der Waals surface area contributed by atoms with E-state index in [0.717, 1.165) is 6.54 Å². The normalized spacial score (nSPS) is 23.3. The molecule has 1 heterocycles. The molecule has 0 radical (unpaired) electrons. The zero-order valence-electron chi connectivity index (χ0n) is 14.4. The molecule has 4 nitrogen and oxygen atoms in total. The van der Waals surface area contributed by atoms with Gasteiger partial charge in [0.25, 0.3) is 0 Å². The van der Waals surface area contributed by atoms with E-state index in [4.69, 9.17) is 0 Å². The van der Waals surface area contributed by atoms with Crippen LogP contribution in [0.4, 0.5) is 0 Å². The predicted molar refractivity (Wildman–Crippen MR) is 89.1 cm³/mol. The molecule has 1 aliphatic heterocycles. The number of likely N-dealkylation sites (N-methyl/N-ethyl adjacent to an activating group) is 1. The number of aryl methyl sites for hydroxylation is 1. The standard InChI is InChI=1S/C18H29N3O/c1-14(2)18(22)19-13-17(16-7-5-15(3)6-8-16)21-11-9-20(4)10-12-21/h5-8,14,17H,9-13H2,1-4H3,(H,19,22)/p+2/t17-/m1/s1. The first-order valence-electron chi connectivity index (χ1n) is 8.47. The maximum Gasteiger partial charge on any atom is 0.222 e. The summed E-state index contributed by atoms with van der Waals surface area (Å²) in [4.78, 5) is 15.1. The summed E-state index contributed by atoms with van der Waals surface area (Å²) >= 11 is 0. The van der Waals surface area contributed by atoms with E-state index in [-0.39, 0.29) is 11.8 Å². The number of quaternary nitrogens is 2. The molecule has 0 spiro atoms. The molecule has 1 amide bonds. The number of hydrogen-bond acceptors (Lipinski definition) is 1. The minimum absolute atomic E-state index is 0.0469. The van der Waals surface area contributed by atoms with Gasteiger partial charge in [-0.15, -0.1) is 0 Å². The van der Waals surface area contributed by atoms with Crippen LogP contribution >= 0.6 is 0 Å². The van der Waals surface area contributed by atoms with Gasteiger partial charge in [0.15, 0.2) is 0 Å². The lowest BCUT2D eigenvalue weighted by Gasteiger charge is -2.33. The molecule has 0 unspecified atom stereocenters.